The Bertz CT molecular complexity index is 179. The van der Waals surface area contributed by atoms with E-state index in [0.717, 1.165) is 0 Å². The Morgan fingerprint density at radius 3 is 1.54 bits per heavy atom. The van der Waals surface area contributed by atoms with E-state index < -0.39 is 36.5 Å². The summed E-state index contributed by atoms with van der Waals surface area (Å²) in [4.78, 5) is 19.4. The van der Waals surface area contributed by atoms with Gasteiger partial charge in [-0.25, -0.2) is 0 Å². The van der Waals surface area contributed by atoms with Crippen molar-refractivity contribution in [2.45, 2.75) is 9.63 Å². The van der Waals surface area contributed by atoms with Crippen LogP contribution in [-0.4, -0.2) is 48.9 Å². The van der Waals surface area contributed by atoms with E-state index in [-0.39, 0.29) is 11.8 Å². The van der Waals surface area contributed by atoms with Crippen molar-refractivity contribution in [2.75, 3.05) is 11.8 Å². The summed E-state index contributed by atoms with van der Waals surface area (Å²) in [6.45, 7) is 0. The normalized spacial score (nSPS) is 14.9. The van der Waals surface area contributed by atoms with Gasteiger partial charge in [0.15, 0.2) is 0 Å². The van der Waals surface area contributed by atoms with Gasteiger partial charge in [-0.15, -0.1) is 0 Å². The fourth-order valence-electron chi connectivity index (χ4n) is 0.519. The van der Waals surface area contributed by atoms with Crippen LogP contribution in [-0.2, 0) is 9.59 Å². The molecule has 0 radical (unpaired) electrons. The molecule has 76 valence electrons. The molecule has 0 aliphatic rings. The Hall–Kier alpha value is 0.0395. The van der Waals surface area contributed by atoms with Gasteiger partial charge in [-0.2, -0.15) is 0 Å². The van der Waals surface area contributed by atoms with Gasteiger partial charge in [0, 0.05) is 0 Å². The van der Waals surface area contributed by atoms with Crippen LogP contribution in [0.1, 0.15) is 0 Å². The molecule has 0 fully saturated rings. The van der Waals surface area contributed by atoms with Crippen LogP contribution in [0.3, 0.4) is 0 Å². The van der Waals surface area contributed by atoms with Gasteiger partial charge in [-0.3, -0.25) is 0 Å². The molecule has 0 saturated carbocycles. The van der Waals surface area contributed by atoms with Crippen LogP contribution < -0.4 is 0 Å². The van der Waals surface area contributed by atoms with Crippen molar-refractivity contribution in [1.82, 2.24) is 0 Å². The number of alkyl halides is 2. The van der Waals surface area contributed by atoms with Crippen LogP contribution in [0.25, 0.3) is 0 Å². The molecular formula is C6H8Cl2O4Se. The third kappa shape index (κ3) is 4.72. The fraction of sp³-hybridized carbons (Fsp3) is 0.667. The van der Waals surface area contributed by atoms with Crippen LogP contribution >= 0.6 is 23.2 Å². The third-order valence-electron chi connectivity index (χ3n) is 1.16. The molecule has 4 nitrogen and oxygen atoms in total. The topological polar surface area (TPSA) is 74.6 Å². The summed E-state index contributed by atoms with van der Waals surface area (Å²) >= 11 is 10.1. The molecule has 0 saturated heterocycles. The predicted octanol–water partition coefficient (Wildman–Crippen LogP) is 0.914. The number of aliphatic carboxylic acids is 2. The van der Waals surface area contributed by atoms with Crippen molar-refractivity contribution >= 4 is 50.1 Å². The van der Waals surface area contributed by atoms with Crippen molar-refractivity contribution in [1.29, 1.82) is 0 Å². The first-order valence-corrected chi connectivity index (χ1v) is 6.30. The molecule has 0 aliphatic heterocycles. The first-order chi connectivity index (χ1) is 6.02. The Morgan fingerprint density at radius 1 is 1.08 bits per heavy atom. The minimum atomic E-state index is -1.06. The number of carbonyl (C=O) groups is 2. The quantitative estimate of drug-likeness (QED) is 0.564. The molecule has 0 amide bonds. The summed E-state index contributed by atoms with van der Waals surface area (Å²) in [6, 6.07) is 0. The standard InChI is InChI=1S/C6H8Cl2O4Se/c7-1-3(5(9)10)13-4(2-8)6(11)12/h3-4H,1-2H2,(H,9,10)(H,11,12). The Kier molecular flexibility index (Phi) is 6.51. The second-order valence-corrected chi connectivity index (χ2v) is 5.67. The molecule has 0 rings (SSSR count). The fourth-order valence-corrected chi connectivity index (χ4v) is 3.17. The maximum atomic E-state index is 10.5. The van der Waals surface area contributed by atoms with E-state index in [1.807, 2.05) is 0 Å². The molecule has 0 aromatic heterocycles. The van der Waals surface area contributed by atoms with E-state index in [1.165, 1.54) is 0 Å². The van der Waals surface area contributed by atoms with Gasteiger partial charge in [0.25, 0.3) is 0 Å². The molecule has 0 aliphatic carbocycles. The molecule has 2 unspecified atom stereocenters. The molecular weight excluding hydrogens is 286 g/mol. The zero-order valence-electron chi connectivity index (χ0n) is 6.44. The number of halogens is 2. The summed E-state index contributed by atoms with van der Waals surface area (Å²) in [7, 11) is 0. The second-order valence-electron chi connectivity index (χ2n) is 2.10. The van der Waals surface area contributed by atoms with Crippen LogP contribution in [0, 0.1) is 0 Å². The number of rotatable bonds is 6. The number of carboxylic acids is 2. The van der Waals surface area contributed by atoms with Gasteiger partial charge < -0.3 is 0 Å². The number of hydrogen-bond acceptors (Lipinski definition) is 2. The SMILES string of the molecule is O=C(O)C(CCl)[Se]C(CCl)C(=O)O. The first kappa shape index (κ1) is 13.0. The van der Waals surface area contributed by atoms with Gasteiger partial charge in [-0.05, 0) is 0 Å². The van der Waals surface area contributed by atoms with Crippen molar-refractivity contribution in [3.8, 4) is 0 Å². The maximum absolute atomic E-state index is 10.5. The zero-order valence-corrected chi connectivity index (χ0v) is 9.67. The molecule has 0 spiro atoms. The van der Waals surface area contributed by atoms with Crippen LogP contribution in [0.15, 0.2) is 0 Å². The third-order valence-corrected chi connectivity index (χ3v) is 5.53. The second kappa shape index (κ2) is 6.49. The van der Waals surface area contributed by atoms with Gasteiger partial charge >= 0.3 is 91.3 Å². The van der Waals surface area contributed by atoms with Gasteiger partial charge in [0.05, 0.1) is 0 Å². The van der Waals surface area contributed by atoms with E-state index >= 15 is 0 Å². The summed E-state index contributed by atoms with van der Waals surface area (Å²) in [5.41, 5.74) is 0. The molecule has 13 heavy (non-hydrogen) atoms. The molecule has 0 heterocycles. The molecule has 7 heteroatoms. The van der Waals surface area contributed by atoms with E-state index in [0.29, 0.717) is 0 Å². The Morgan fingerprint density at radius 2 is 1.38 bits per heavy atom. The van der Waals surface area contributed by atoms with Crippen molar-refractivity contribution in [2.24, 2.45) is 0 Å². The summed E-state index contributed by atoms with van der Waals surface area (Å²) in [5, 5.41) is 17.2. The number of carboxylic acid groups (broad SMARTS) is 2. The van der Waals surface area contributed by atoms with E-state index in [2.05, 4.69) is 0 Å². The van der Waals surface area contributed by atoms with Crippen LogP contribution in [0.5, 0.6) is 0 Å². The predicted molar refractivity (Wildman–Crippen MR) is 50.0 cm³/mol. The summed E-state index contributed by atoms with van der Waals surface area (Å²) < 4.78 is 0. The van der Waals surface area contributed by atoms with Crippen LogP contribution in [0.4, 0.5) is 0 Å². The van der Waals surface area contributed by atoms with Crippen molar-refractivity contribution < 1.29 is 19.8 Å². The Balaban J connectivity index is 4.19. The molecule has 0 bridgehead atoms. The van der Waals surface area contributed by atoms with E-state index in [9.17, 15) is 9.59 Å². The van der Waals surface area contributed by atoms with E-state index in [1.54, 1.807) is 0 Å². The van der Waals surface area contributed by atoms with Crippen molar-refractivity contribution in [3.63, 3.8) is 0 Å². The van der Waals surface area contributed by atoms with Crippen molar-refractivity contribution in [3.05, 3.63) is 0 Å². The molecule has 2 atom stereocenters. The molecule has 0 aromatic rings. The molecule has 2 N–H and O–H groups in total. The summed E-state index contributed by atoms with van der Waals surface area (Å²) in [5.74, 6) is -2.27. The average molecular weight is 294 g/mol. The monoisotopic (exact) mass is 294 g/mol. The first-order valence-electron chi connectivity index (χ1n) is 3.26. The van der Waals surface area contributed by atoms with Gasteiger partial charge in [-0.1, -0.05) is 0 Å². The van der Waals surface area contributed by atoms with Gasteiger partial charge in [0.2, 0.25) is 0 Å². The van der Waals surface area contributed by atoms with Gasteiger partial charge in [0.1, 0.15) is 0 Å². The number of hydrogen-bond donors (Lipinski definition) is 2. The molecule has 0 aromatic carbocycles. The zero-order chi connectivity index (χ0) is 10.4. The Labute approximate surface area is 91.4 Å². The van der Waals surface area contributed by atoms with E-state index in [4.69, 9.17) is 33.4 Å². The minimum absolute atomic E-state index is 0.0734. The average Bonchev–Trinajstić information content (AvgIpc) is 2.05. The summed E-state index contributed by atoms with van der Waals surface area (Å²) in [6.07, 6.45) is 0. The van der Waals surface area contributed by atoms with Crippen LogP contribution in [0.2, 0.25) is 9.63 Å².